The zero-order chi connectivity index (χ0) is 13.1. The van der Waals surface area contributed by atoms with Crippen molar-refractivity contribution in [3.63, 3.8) is 0 Å². The first-order chi connectivity index (χ1) is 8.61. The number of hydrogen-bond donors (Lipinski definition) is 1. The van der Waals surface area contributed by atoms with Gasteiger partial charge in [0, 0.05) is 10.7 Å². The molecule has 2 nitrogen and oxygen atoms in total. The number of rotatable bonds is 5. The lowest BCUT2D eigenvalue weighted by Gasteiger charge is -2.13. The van der Waals surface area contributed by atoms with Crippen LogP contribution in [0.1, 0.15) is 49.1 Å². The van der Waals surface area contributed by atoms with E-state index in [4.69, 9.17) is 23.2 Å². The van der Waals surface area contributed by atoms with Gasteiger partial charge in [-0.2, -0.15) is 0 Å². The highest BCUT2D eigenvalue weighted by Crippen LogP contribution is 2.37. The minimum absolute atomic E-state index is 0.0234. The standard InChI is InChI=1S/C14H17Cl2NO/c1-2-3-4-5-11(15)10-6-9-7-14(18)17-13(9)8-12(10)16/h6,8,11H,2-5,7H2,1H3,(H,17,18). The van der Waals surface area contributed by atoms with Crippen molar-refractivity contribution in [3.8, 4) is 0 Å². The van der Waals surface area contributed by atoms with E-state index >= 15 is 0 Å². The number of anilines is 1. The molecule has 4 heteroatoms. The van der Waals surface area contributed by atoms with Crippen molar-refractivity contribution in [3.05, 3.63) is 28.3 Å². The number of halogens is 2. The summed E-state index contributed by atoms with van der Waals surface area (Å²) in [5, 5.41) is 3.37. The van der Waals surface area contributed by atoms with Crippen LogP contribution >= 0.6 is 23.2 Å². The minimum atomic E-state index is -0.0648. The van der Waals surface area contributed by atoms with Gasteiger partial charge in [-0.15, -0.1) is 11.6 Å². The Kier molecular flexibility index (Phi) is 4.52. The number of fused-ring (bicyclic) bond motifs is 1. The zero-order valence-corrected chi connectivity index (χ0v) is 11.9. The molecule has 1 aromatic rings. The topological polar surface area (TPSA) is 29.1 Å². The van der Waals surface area contributed by atoms with Gasteiger partial charge in [-0.25, -0.2) is 0 Å². The van der Waals surface area contributed by atoms with Crippen LogP contribution in [0.2, 0.25) is 5.02 Å². The molecule has 0 spiro atoms. The molecule has 1 aromatic carbocycles. The summed E-state index contributed by atoms with van der Waals surface area (Å²) < 4.78 is 0. The number of hydrogen-bond acceptors (Lipinski definition) is 1. The number of nitrogens with one attached hydrogen (secondary N) is 1. The summed E-state index contributed by atoms with van der Waals surface area (Å²) in [7, 11) is 0. The van der Waals surface area contributed by atoms with Gasteiger partial charge in [-0.05, 0) is 23.6 Å². The van der Waals surface area contributed by atoms with Crippen LogP contribution in [0.15, 0.2) is 12.1 Å². The molecule has 1 atom stereocenters. The molecule has 1 unspecified atom stereocenters. The average Bonchev–Trinajstić information content (AvgIpc) is 2.67. The Bertz CT molecular complexity index is 459. The second-order valence-corrected chi connectivity index (χ2v) is 5.65. The van der Waals surface area contributed by atoms with Crippen LogP contribution in [0.4, 0.5) is 5.69 Å². The van der Waals surface area contributed by atoms with Crippen LogP contribution in [0.25, 0.3) is 0 Å². The molecule has 0 aliphatic carbocycles. The van der Waals surface area contributed by atoms with E-state index in [9.17, 15) is 4.79 Å². The van der Waals surface area contributed by atoms with Crippen molar-refractivity contribution in [2.75, 3.05) is 5.32 Å². The molecule has 0 bridgehead atoms. The molecule has 1 heterocycles. The summed E-state index contributed by atoms with van der Waals surface area (Å²) in [5.41, 5.74) is 2.77. The predicted octanol–water partition coefficient (Wildman–Crippen LogP) is 4.69. The maximum atomic E-state index is 11.3. The monoisotopic (exact) mass is 285 g/mol. The normalized spacial score (nSPS) is 15.4. The minimum Gasteiger partial charge on any atom is -0.325 e. The lowest BCUT2D eigenvalue weighted by atomic mass is 10.0. The Morgan fingerprint density at radius 1 is 1.39 bits per heavy atom. The number of carbonyl (C=O) groups is 1. The Labute approximate surface area is 118 Å². The quantitative estimate of drug-likeness (QED) is 0.617. The van der Waals surface area contributed by atoms with Gasteiger partial charge in [0.25, 0.3) is 0 Å². The van der Waals surface area contributed by atoms with Crippen molar-refractivity contribution in [2.45, 2.75) is 44.4 Å². The summed E-state index contributed by atoms with van der Waals surface area (Å²) in [6.45, 7) is 2.17. The number of alkyl halides is 1. The molecule has 0 aromatic heterocycles. The maximum Gasteiger partial charge on any atom is 0.228 e. The van der Waals surface area contributed by atoms with Gasteiger partial charge in [0.15, 0.2) is 0 Å². The number of unbranched alkanes of at least 4 members (excludes halogenated alkanes) is 2. The van der Waals surface area contributed by atoms with E-state index in [2.05, 4.69) is 12.2 Å². The van der Waals surface area contributed by atoms with E-state index in [0.717, 1.165) is 29.7 Å². The molecule has 2 rings (SSSR count). The molecular weight excluding hydrogens is 269 g/mol. The van der Waals surface area contributed by atoms with Gasteiger partial charge in [0.2, 0.25) is 5.91 Å². The highest BCUT2D eigenvalue weighted by Gasteiger charge is 2.21. The molecule has 1 amide bonds. The molecule has 0 fully saturated rings. The third-order valence-electron chi connectivity index (χ3n) is 3.25. The SMILES string of the molecule is CCCCCC(Cl)c1cc2c(cc1Cl)NC(=O)C2. The summed E-state index contributed by atoms with van der Waals surface area (Å²) in [4.78, 5) is 11.3. The van der Waals surface area contributed by atoms with Gasteiger partial charge in [0.05, 0.1) is 11.8 Å². The van der Waals surface area contributed by atoms with Crippen LogP contribution in [0.3, 0.4) is 0 Å². The first-order valence-corrected chi connectivity index (χ1v) is 7.19. The summed E-state index contributed by atoms with van der Waals surface area (Å²) in [6, 6.07) is 3.78. The lowest BCUT2D eigenvalue weighted by molar-refractivity contribution is -0.115. The molecular formula is C14H17Cl2NO. The highest BCUT2D eigenvalue weighted by atomic mass is 35.5. The Morgan fingerprint density at radius 3 is 2.89 bits per heavy atom. The second-order valence-electron chi connectivity index (χ2n) is 4.72. The molecule has 0 radical (unpaired) electrons. The number of benzene rings is 1. The predicted molar refractivity (Wildman–Crippen MR) is 76.5 cm³/mol. The van der Waals surface area contributed by atoms with Crippen molar-refractivity contribution in [1.29, 1.82) is 0 Å². The van der Waals surface area contributed by atoms with Gasteiger partial charge in [0.1, 0.15) is 0 Å². The van der Waals surface area contributed by atoms with Crippen LogP contribution in [0.5, 0.6) is 0 Å². The first-order valence-electron chi connectivity index (χ1n) is 6.38. The molecule has 1 aliphatic rings. The fourth-order valence-corrected chi connectivity index (χ4v) is 2.92. The van der Waals surface area contributed by atoms with Gasteiger partial charge in [-0.1, -0.05) is 43.9 Å². The molecule has 0 saturated heterocycles. The summed E-state index contributed by atoms with van der Waals surface area (Å²) in [6.07, 6.45) is 4.83. The summed E-state index contributed by atoms with van der Waals surface area (Å²) in [5.74, 6) is 0.0234. The largest absolute Gasteiger partial charge is 0.325 e. The van der Waals surface area contributed by atoms with E-state index in [1.54, 1.807) is 0 Å². The first kappa shape index (κ1) is 13.7. The average molecular weight is 286 g/mol. The van der Waals surface area contributed by atoms with Gasteiger partial charge < -0.3 is 5.32 Å². The highest BCUT2D eigenvalue weighted by molar-refractivity contribution is 6.33. The van der Waals surface area contributed by atoms with E-state index < -0.39 is 0 Å². The fourth-order valence-electron chi connectivity index (χ4n) is 2.24. The number of amides is 1. The third kappa shape index (κ3) is 2.99. The Hall–Kier alpha value is -0.730. The van der Waals surface area contributed by atoms with Crippen LogP contribution in [-0.2, 0) is 11.2 Å². The fraction of sp³-hybridized carbons (Fsp3) is 0.500. The van der Waals surface area contributed by atoms with Gasteiger partial charge >= 0.3 is 0 Å². The molecule has 18 heavy (non-hydrogen) atoms. The Balaban J connectivity index is 2.14. The second kappa shape index (κ2) is 5.94. The molecule has 1 N–H and O–H groups in total. The smallest absolute Gasteiger partial charge is 0.228 e. The van der Waals surface area contributed by atoms with E-state index in [1.165, 1.54) is 12.8 Å². The van der Waals surface area contributed by atoms with E-state index in [0.29, 0.717) is 11.4 Å². The van der Waals surface area contributed by atoms with Crippen LogP contribution in [0, 0.1) is 0 Å². The molecule has 1 aliphatic heterocycles. The number of carbonyl (C=O) groups excluding carboxylic acids is 1. The van der Waals surface area contributed by atoms with Crippen LogP contribution in [-0.4, -0.2) is 5.91 Å². The Morgan fingerprint density at radius 2 is 2.17 bits per heavy atom. The third-order valence-corrected chi connectivity index (χ3v) is 4.03. The molecule has 0 saturated carbocycles. The van der Waals surface area contributed by atoms with Crippen molar-refractivity contribution in [1.82, 2.24) is 0 Å². The van der Waals surface area contributed by atoms with Crippen molar-refractivity contribution in [2.24, 2.45) is 0 Å². The zero-order valence-electron chi connectivity index (χ0n) is 10.4. The van der Waals surface area contributed by atoms with Gasteiger partial charge in [-0.3, -0.25) is 4.79 Å². The summed E-state index contributed by atoms with van der Waals surface area (Å²) >= 11 is 12.6. The lowest BCUT2D eigenvalue weighted by Crippen LogP contribution is -2.03. The van der Waals surface area contributed by atoms with E-state index in [-0.39, 0.29) is 11.3 Å². The van der Waals surface area contributed by atoms with E-state index in [1.807, 2.05) is 12.1 Å². The van der Waals surface area contributed by atoms with Crippen molar-refractivity contribution >= 4 is 34.8 Å². The van der Waals surface area contributed by atoms with Crippen molar-refractivity contribution < 1.29 is 4.79 Å². The maximum absolute atomic E-state index is 11.3. The van der Waals surface area contributed by atoms with Crippen LogP contribution < -0.4 is 5.32 Å². The molecule has 98 valence electrons.